The number of methoxy groups -OCH3 is 2. The first kappa shape index (κ1) is 25.8. The maximum atomic E-state index is 13.7. The Bertz CT molecular complexity index is 1110. The molecule has 0 spiro atoms. The van der Waals surface area contributed by atoms with Gasteiger partial charge in [0.25, 0.3) is 0 Å². The third kappa shape index (κ3) is 5.12. The van der Waals surface area contributed by atoms with E-state index in [0.29, 0.717) is 24.4 Å². The molecular formula is C27H34N4O5. The quantitative estimate of drug-likeness (QED) is 0.491. The van der Waals surface area contributed by atoms with Crippen LogP contribution in [0.3, 0.4) is 0 Å². The van der Waals surface area contributed by atoms with Gasteiger partial charge in [0.05, 0.1) is 31.4 Å². The molecule has 4 rings (SSSR count). The van der Waals surface area contributed by atoms with Crippen LogP contribution in [-0.4, -0.2) is 91.0 Å². The number of para-hydroxylation sites is 1. The number of nitrogens with zero attached hydrogens (tertiary/aromatic N) is 4. The number of imide groups is 1. The van der Waals surface area contributed by atoms with Crippen molar-refractivity contribution in [1.82, 2.24) is 19.7 Å². The summed E-state index contributed by atoms with van der Waals surface area (Å²) >= 11 is 0. The van der Waals surface area contributed by atoms with E-state index >= 15 is 0 Å². The zero-order chi connectivity index (χ0) is 25.7. The van der Waals surface area contributed by atoms with Gasteiger partial charge in [-0.15, -0.1) is 0 Å². The van der Waals surface area contributed by atoms with Crippen molar-refractivity contribution in [2.75, 3.05) is 53.6 Å². The van der Waals surface area contributed by atoms with Crippen LogP contribution in [0.25, 0.3) is 0 Å². The Morgan fingerprint density at radius 1 is 1.06 bits per heavy atom. The second-order valence-electron chi connectivity index (χ2n) is 9.40. The molecule has 1 unspecified atom stereocenters. The number of benzene rings is 1. The predicted molar refractivity (Wildman–Crippen MR) is 133 cm³/mol. The average Bonchev–Trinajstić information content (AvgIpc) is 3.13. The summed E-state index contributed by atoms with van der Waals surface area (Å²) in [6.45, 7) is 5.74. The number of aromatic nitrogens is 1. The SMILES string of the molecule is COCCN1C(=O)CC(CC(=O)N2CCN(Cc3ncccc3C)CC2)(c2ccccc2OC)C1=O. The van der Waals surface area contributed by atoms with Gasteiger partial charge in [-0.2, -0.15) is 0 Å². The second kappa shape index (κ2) is 11.2. The summed E-state index contributed by atoms with van der Waals surface area (Å²) in [5, 5.41) is 0. The Labute approximate surface area is 212 Å². The molecule has 0 N–H and O–H groups in total. The van der Waals surface area contributed by atoms with Crippen LogP contribution in [0.15, 0.2) is 42.6 Å². The molecule has 2 fully saturated rings. The molecule has 0 aliphatic carbocycles. The van der Waals surface area contributed by atoms with Crippen LogP contribution < -0.4 is 4.74 Å². The molecule has 9 nitrogen and oxygen atoms in total. The normalized spacial score (nSPS) is 20.8. The largest absolute Gasteiger partial charge is 0.496 e. The van der Waals surface area contributed by atoms with Gasteiger partial charge in [-0.1, -0.05) is 24.3 Å². The summed E-state index contributed by atoms with van der Waals surface area (Å²) < 4.78 is 10.6. The lowest BCUT2D eigenvalue weighted by Gasteiger charge is -2.37. The molecule has 0 radical (unpaired) electrons. The van der Waals surface area contributed by atoms with E-state index in [1.807, 2.05) is 12.1 Å². The number of aryl methyl sites for hydroxylation is 1. The van der Waals surface area contributed by atoms with E-state index in [0.717, 1.165) is 30.9 Å². The molecule has 3 heterocycles. The van der Waals surface area contributed by atoms with Crippen molar-refractivity contribution in [3.63, 3.8) is 0 Å². The summed E-state index contributed by atoms with van der Waals surface area (Å²) in [5.41, 5.74) is 1.47. The molecule has 2 aliphatic rings. The third-order valence-electron chi connectivity index (χ3n) is 7.22. The number of hydrogen-bond donors (Lipinski definition) is 0. The standard InChI is InChI=1S/C27H34N4O5/c1-20-7-6-10-28-22(20)19-29-11-13-30(14-12-29)24(32)17-27(21-8-4-5-9-23(21)36-3)18-25(33)31(26(27)34)15-16-35-2/h4-10H,11-19H2,1-3H3. The Morgan fingerprint density at radius 3 is 2.50 bits per heavy atom. The van der Waals surface area contributed by atoms with E-state index in [9.17, 15) is 14.4 Å². The van der Waals surface area contributed by atoms with Gasteiger partial charge >= 0.3 is 0 Å². The summed E-state index contributed by atoms with van der Waals surface area (Å²) in [4.78, 5) is 50.0. The number of rotatable bonds is 9. The van der Waals surface area contributed by atoms with E-state index in [2.05, 4.69) is 22.9 Å². The highest BCUT2D eigenvalue weighted by molar-refractivity contribution is 6.11. The van der Waals surface area contributed by atoms with Crippen molar-refractivity contribution in [1.29, 1.82) is 0 Å². The molecular weight excluding hydrogens is 460 g/mol. The fourth-order valence-corrected chi connectivity index (χ4v) is 5.11. The van der Waals surface area contributed by atoms with Crippen LogP contribution in [0.1, 0.15) is 29.7 Å². The average molecular weight is 495 g/mol. The number of pyridine rings is 1. The van der Waals surface area contributed by atoms with Crippen LogP contribution in [-0.2, 0) is 31.1 Å². The molecule has 2 saturated heterocycles. The molecule has 36 heavy (non-hydrogen) atoms. The van der Waals surface area contributed by atoms with Crippen molar-refractivity contribution >= 4 is 17.7 Å². The van der Waals surface area contributed by atoms with Crippen LogP contribution in [0, 0.1) is 6.92 Å². The summed E-state index contributed by atoms with van der Waals surface area (Å²) in [6.07, 6.45) is 1.65. The molecule has 2 aliphatic heterocycles. The molecule has 1 atom stereocenters. The topological polar surface area (TPSA) is 92.3 Å². The maximum absolute atomic E-state index is 13.7. The number of carbonyl (C=O) groups excluding carboxylic acids is 3. The van der Waals surface area contributed by atoms with Gasteiger partial charge in [-0.25, -0.2) is 0 Å². The highest BCUT2D eigenvalue weighted by atomic mass is 16.5. The lowest BCUT2D eigenvalue weighted by Crippen LogP contribution is -2.51. The molecule has 0 saturated carbocycles. The zero-order valence-electron chi connectivity index (χ0n) is 21.2. The zero-order valence-corrected chi connectivity index (χ0v) is 21.2. The summed E-state index contributed by atoms with van der Waals surface area (Å²) in [7, 11) is 3.05. The van der Waals surface area contributed by atoms with E-state index in [-0.39, 0.29) is 43.7 Å². The van der Waals surface area contributed by atoms with E-state index in [4.69, 9.17) is 9.47 Å². The van der Waals surface area contributed by atoms with Crippen molar-refractivity contribution < 1.29 is 23.9 Å². The lowest BCUT2D eigenvalue weighted by atomic mass is 9.75. The summed E-state index contributed by atoms with van der Waals surface area (Å²) in [5.74, 6) is -0.308. The molecule has 3 amide bonds. The molecule has 192 valence electrons. The minimum absolute atomic E-state index is 0.0689. The van der Waals surface area contributed by atoms with Gasteiger partial charge in [0, 0.05) is 64.4 Å². The predicted octanol–water partition coefficient (Wildman–Crippen LogP) is 1.78. The van der Waals surface area contributed by atoms with Crippen LogP contribution in [0.5, 0.6) is 5.75 Å². The van der Waals surface area contributed by atoms with Gasteiger partial charge in [0.1, 0.15) is 5.75 Å². The molecule has 2 aromatic rings. The van der Waals surface area contributed by atoms with Gasteiger partial charge in [0.2, 0.25) is 17.7 Å². The Morgan fingerprint density at radius 2 is 1.81 bits per heavy atom. The lowest BCUT2D eigenvalue weighted by molar-refractivity contribution is -0.143. The molecule has 1 aromatic heterocycles. The Hall–Kier alpha value is -3.30. The van der Waals surface area contributed by atoms with Gasteiger partial charge < -0.3 is 14.4 Å². The minimum atomic E-state index is -1.29. The van der Waals surface area contributed by atoms with Crippen molar-refractivity contribution in [2.45, 2.75) is 31.7 Å². The first-order chi connectivity index (χ1) is 17.4. The van der Waals surface area contributed by atoms with E-state index in [1.165, 1.54) is 19.1 Å². The molecule has 9 heteroatoms. The first-order valence-electron chi connectivity index (χ1n) is 12.3. The van der Waals surface area contributed by atoms with E-state index in [1.54, 1.807) is 29.3 Å². The van der Waals surface area contributed by atoms with Gasteiger partial charge in [-0.3, -0.25) is 29.2 Å². The molecule has 1 aromatic carbocycles. The highest BCUT2D eigenvalue weighted by Crippen LogP contribution is 2.44. The highest BCUT2D eigenvalue weighted by Gasteiger charge is 2.55. The third-order valence-corrected chi connectivity index (χ3v) is 7.22. The minimum Gasteiger partial charge on any atom is -0.496 e. The van der Waals surface area contributed by atoms with Crippen LogP contribution >= 0.6 is 0 Å². The van der Waals surface area contributed by atoms with E-state index < -0.39 is 5.41 Å². The van der Waals surface area contributed by atoms with Crippen LogP contribution in [0.4, 0.5) is 0 Å². The number of carbonyl (C=O) groups is 3. The fourth-order valence-electron chi connectivity index (χ4n) is 5.11. The number of likely N-dealkylation sites (tertiary alicyclic amines) is 1. The fraction of sp³-hybridized carbons (Fsp3) is 0.481. The number of piperazine rings is 1. The Kier molecular flexibility index (Phi) is 8.01. The van der Waals surface area contributed by atoms with Crippen molar-refractivity contribution in [2.24, 2.45) is 0 Å². The monoisotopic (exact) mass is 494 g/mol. The maximum Gasteiger partial charge on any atom is 0.241 e. The smallest absolute Gasteiger partial charge is 0.241 e. The van der Waals surface area contributed by atoms with Crippen LogP contribution in [0.2, 0.25) is 0 Å². The first-order valence-corrected chi connectivity index (χ1v) is 12.3. The molecule has 0 bridgehead atoms. The van der Waals surface area contributed by atoms with Gasteiger partial charge in [-0.05, 0) is 24.6 Å². The van der Waals surface area contributed by atoms with Crippen molar-refractivity contribution in [3.05, 3.63) is 59.4 Å². The van der Waals surface area contributed by atoms with Gasteiger partial charge in [0.15, 0.2) is 0 Å². The number of ether oxygens (including phenoxy) is 2. The van der Waals surface area contributed by atoms with Crippen molar-refractivity contribution in [3.8, 4) is 5.75 Å². The second-order valence-corrected chi connectivity index (χ2v) is 9.40. The number of hydrogen-bond acceptors (Lipinski definition) is 7. The summed E-state index contributed by atoms with van der Waals surface area (Å²) in [6, 6.07) is 11.1. The number of amides is 3. The Balaban J connectivity index is 1.51.